The van der Waals surface area contributed by atoms with Crippen LogP contribution in [0.25, 0.3) is 11.1 Å². The van der Waals surface area contributed by atoms with Crippen LogP contribution in [-0.2, 0) is 11.0 Å². The number of fused-ring (bicyclic) bond motifs is 1. The highest BCUT2D eigenvalue weighted by Gasteiger charge is 2.38. The van der Waals surface area contributed by atoms with Crippen molar-refractivity contribution in [2.75, 3.05) is 16.3 Å². The van der Waals surface area contributed by atoms with E-state index in [2.05, 4.69) is 10.2 Å². The van der Waals surface area contributed by atoms with E-state index in [0.29, 0.717) is 5.69 Å². The minimum Gasteiger partial charge on any atom is -0.465 e. The fraction of sp³-hybridized carbons (Fsp3) is 0.312. The number of nitrogens with zero attached hydrogens (tertiary/aromatic N) is 3. The molecule has 0 saturated carbocycles. The van der Waals surface area contributed by atoms with Crippen LogP contribution in [-0.4, -0.2) is 39.9 Å². The first-order chi connectivity index (χ1) is 12.1. The number of aromatic amines is 1. The van der Waals surface area contributed by atoms with Crippen LogP contribution in [0.4, 0.5) is 29.3 Å². The Bertz CT molecular complexity index is 878. The third-order valence-corrected chi connectivity index (χ3v) is 4.20. The van der Waals surface area contributed by atoms with E-state index in [1.165, 1.54) is 30.0 Å². The summed E-state index contributed by atoms with van der Waals surface area (Å²) in [5, 5.41) is 14.9. The number of rotatable bonds is 1. The monoisotopic (exact) mass is 368 g/mol. The normalized spacial score (nSPS) is 17.2. The molecular weight excluding hydrogens is 353 g/mol. The van der Waals surface area contributed by atoms with E-state index in [4.69, 9.17) is 0 Å². The highest BCUT2D eigenvalue weighted by molar-refractivity contribution is 6.02. The van der Waals surface area contributed by atoms with Gasteiger partial charge < -0.3 is 10.0 Å². The van der Waals surface area contributed by atoms with E-state index in [1.54, 1.807) is 6.92 Å². The molecule has 2 N–H and O–H groups in total. The zero-order valence-corrected chi connectivity index (χ0v) is 13.8. The van der Waals surface area contributed by atoms with E-state index in [1.807, 2.05) is 0 Å². The number of hydrogen-bond donors (Lipinski definition) is 2. The molecule has 1 aromatic heterocycles. The number of amides is 2. The van der Waals surface area contributed by atoms with Gasteiger partial charge in [0.2, 0.25) is 5.91 Å². The Balaban J connectivity index is 2.17. The van der Waals surface area contributed by atoms with Gasteiger partial charge in [0.1, 0.15) is 0 Å². The minimum absolute atomic E-state index is 0.0167. The zero-order chi connectivity index (χ0) is 19.2. The number of alkyl halides is 3. The van der Waals surface area contributed by atoms with Gasteiger partial charge in [0.15, 0.2) is 5.69 Å². The average molecular weight is 368 g/mol. The number of hydrogen-bond acceptors (Lipinski definition) is 3. The third-order valence-electron chi connectivity index (χ3n) is 4.20. The molecule has 0 aliphatic carbocycles. The lowest BCUT2D eigenvalue weighted by atomic mass is 10.0. The third kappa shape index (κ3) is 2.87. The molecule has 0 radical (unpaired) electrons. The van der Waals surface area contributed by atoms with Crippen LogP contribution in [0.3, 0.4) is 0 Å². The molecule has 3 rings (SSSR count). The second-order valence-electron chi connectivity index (χ2n) is 5.98. The van der Waals surface area contributed by atoms with E-state index in [0.717, 1.165) is 11.1 Å². The number of H-pyrrole nitrogens is 1. The van der Waals surface area contributed by atoms with Gasteiger partial charge >= 0.3 is 12.3 Å². The van der Waals surface area contributed by atoms with E-state index < -0.39 is 24.0 Å². The molecular formula is C16H15F3N4O3. The maximum Gasteiger partial charge on any atom is 0.435 e. The molecule has 1 aliphatic heterocycles. The van der Waals surface area contributed by atoms with Crippen LogP contribution in [0.1, 0.15) is 19.5 Å². The van der Waals surface area contributed by atoms with Crippen LogP contribution in [0.2, 0.25) is 0 Å². The number of anilines is 2. The summed E-state index contributed by atoms with van der Waals surface area (Å²) >= 11 is 0. The molecule has 2 aromatic rings. The maximum absolute atomic E-state index is 13.1. The lowest BCUT2D eigenvalue weighted by Gasteiger charge is -2.39. The predicted octanol–water partition coefficient (Wildman–Crippen LogP) is 3.33. The molecule has 26 heavy (non-hydrogen) atoms. The van der Waals surface area contributed by atoms with Gasteiger partial charge in [0.05, 0.1) is 17.4 Å². The molecule has 0 unspecified atom stereocenters. The van der Waals surface area contributed by atoms with E-state index in [-0.39, 0.29) is 29.3 Å². The summed E-state index contributed by atoms with van der Waals surface area (Å²) in [6, 6.07) is 3.78. The predicted molar refractivity (Wildman–Crippen MR) is 87.0 cm³/mol. The Morgan fingerprint density at radius 1 is 1.31 bits per heavy atom. The van der Waals surface area contributed by atoms with Crippen LogP contribution in [0.5, 0.6) is 0 Å². The minimum atomic E-state index is -4.66. The molecule has 2 heterocycles. The van der Waals surface area contributed by atoms with Crippen molar-refractivity contribution in [2.45, 2.75) is 26.1 Å². The molecule has 0 fully saturated rings. The van der Waals surface area contributed by atoms with Gasteiger partial charge in [-0.1, -0.05) is 6.07 Å². The van der Waals surface area contributed by atoms with Crippen molar-refractivity contribution in [3.05, 3.63) is 30.1 Å². The van der Waals surface area contributed by atoms with Gasteiger partial charge in [-0.2, -0.15) is 18.3 Å². The SMILES string of the molecule is CC(=O)N1c2ccc(-c3c[nH]nc3C(F)(F)F)cc2N(C(=O)O)C[C@@H]1C. The molecule has 1 aliphatic rings. The highest BCUT2D eigenvalue weighted by Crippen LogP contribution is 2.41. The van der Waals surface area contributed by atoms with Crippen molar-refractivity contribution >= 4 is 23.4 Å². The fourth-order valence-electron chi connectivity index (χ4n) is 3.18. The molecule has 0 bridgehead atoms. The Morgan fingerprint density at radius 3 is 2.58 bits per heavy atom. The largest absolute Gasteiger partial charge is 0.465 e. The molecule has 2 amide bonds. The van der Waals surface area contributed by atoms with Crippen molar-refractivity contribution < 1.29 is 27.9 Å². The highest BCUT2D eigenvalue weighted by atomic mass is 19.4. The second-order valence-corrected chi connectivity index (χ2v) is 5.98. The Hall–Kier alpha value is -3.04. The topological polar surface area (TPSA) is 89.5 Å². The van der Waals surface area contributed by atoms with E-state index >= 15 is 0 Å². The number of carbonyl (C=O) groups is 2. The van der Waals surface area contributed by atoms with Crippen molar-refractivity contribution in [3.8, 4) is 11.1 Å². The molecule has 0 saturated heterocycles. The van der Waals surface area contributed by atoms with E-state index in [9.17, 15) is 27.9 Å². The second kappa shape index (κ2) is 6.04. The van der Waals surface area contributed by atoms with Gasteiger partial charge in [-0.25, -0.2) is 4.79 Å². The average Bonchev–Trinajstić information content (AvgIpc) is 3.02. The number of aromatic nitrogens is 2. The standard InChI is InChI=1S/C16H15F3N4O3/c1-8-7-22(15(25)26)13-5-10(3-4-12(13)23(8)9(2)24)11-6-20-21-14(11)16(17,18)19/h3-6,8H,7H2,1-2H3,(H,20,21)(H,25,26)/t8-/m0/s1. The smallest absolute Gasteiger partial charge is 0.435 e. The van der Waals surface area contributed by atoms with Gasteiger partial charge in [-0.3, -0.25) is 14.8 Å². The molecule has 10 heteroatoms. The molecule has 1 atom stereocenters. The quantitative estimate of drug-likeness (QED) is 0.808. The van der Waals surface area contributed by atoms with Gasteiger partial charge in [0.25, 0.3) is 0 Å². The van der Waals surface area contributed by atoms with Gasteiger partial charge in [-0.05, 0) is 24.6 Å². The Morgan fingerprint density at radius 2 is 2.00 bits per heavy atom. The summed E-state index contributed by atoms with van der Waals surface area (Å²) in [6.07, 6.45) is -4.80. The van der Waals surface area contributed by atoms with Crippen LogP contribution < -0.4 is 9.80 Å². The lowest BCUT2D eigenvalue weighted by molar-refractivity contribution is -0.140. The van der Waals surface area contributed by atoms with Crippen LogP contribution in [0, 0.1) is 0 Å². The first-order valence-electron chi connectivity index (χ1n) is 7.67. The summed E-state index contributed by atoms with van der Waals surface area (Å²) in [4.78, 5) is 26.0. The van der Waals surface area contributed by atoms with Gasteiger partial charge in [-0.15, -0.1) is 0 Å². The summed E-state index contributed by atoms with van der Waals surface area (Å²) in [5.41, 5.74) is -0.656. The number of carboxylic acid groups (broad SMARTS) is 1. The maximum atomic E-state index is 13.1. The Labute approximate surface area is 146 Å². The molecule has 0 spiro atoms. The number of benzene rings is 1. The fourth-order valence-corrected chi connectivity index (χ4v) is 3.18. The zero-order valence-electron chi connectivity index (χ0n) is 13.8. The summed E-state index contributed by atoms with van der Waals surface area (Å²) in [5.74, 6) is -0.282. The number of halogens is 3. The first kappa shape index (κ1) is 17.8. The van der Waals surface area contributed by atoms with Crippen molar-refractivity contribution in [3.63, 3.8) is 0 Å². The number of carbonyl (C=O) groups excluding carboxylic acids is 1. The molecule has 7 nitrogen and oxygen atoms in total. The van der Waals surface area contributed by atoms with Crippen molar-refractivity contribution in [2.24, 2.45) is 0 Å². The first-order valence-corrected chi connectivity index (χ1v) is 7.67. The van der Waals surface area contributed by atoms with Crippen molar-refractivity contribution in [1.82, 2.24) is 10.2 Å². The summed E-state index contributed by atoms with van der Waals surface area (Å²) in [7, 11) is 0. The molecule has 138 valence electrons. The number of nitrogens with one attached hydrogen (secondary N) is 1. The van der Waals surface area contributed by atoms with Gasteiger partial charge in [0, 0.05) is 25.2 Å². The lowest BCUT2D eigenvalue weighted by Crippen LogP contribution is -2.51. The molecule has 1 aromatic carbocycles. The summed E-state index contributed by atoms with van der Waals surface area (Å²) < 4.78 is 39.3. The van der Waals surface area contributed by atoms with Crippen LogP contribution >= 0.6 is 0 Å². The Kier molecular flexibility index (Phi) is 4.13. The van der Waals surface area contributed by atoms with Crippen LogP contribution in [0.15, 0.2) is 24.4 Å². The van der Waals surface area contributed by atoms with Crippen molar-refractivity contribution in [1.29, 1.82) is 0 Å². The summed E-state index contributed by atoms with van der Waals surface area (Å²) in [6.45, 7) is 3.07.